The number of furan rings is 1. The minimum Gasteiger partial charge on any atom is -0.493 e. The van der Waals surface area contributed by atoms with Crippen LogP contribution in [0.2, 0.25) is 0 Å². The highest BCUT2D eigenvalue weighted by atomic mass is 16.5. The third-order valence-corrected chi connectivity index (χ3v) is 2.94. The van der Waals surface area contributed by atoms with Crippen LogP contribution in [0.3, 0.4) is 0 Å². The molecule has 1 heterocycles. The van der Waals surface area contributed by atoms with E-state index in [-0.39, 0.29) is 0 Å². The third kappa shape index (κ3) is 4.91. The van der Waals surface area contributed by atoms with Crippen LogP contribution in [0.5, 0.6) is 11.5 Å². The molecule has 0 bridgehead atoms. The van der Waals surface area contributed by atoms with Crippen LogP contribution >= 0.6 is 0 Å². The molecule has 1 aromatic heterocycles. The van der Waals surface area contributed by atoms with Crippen molar-refractivity contribution in [3.63, 3.8) is 0 Å². The van der Waals surface area contributed by atoms with Crippen molar-refractivity contribution in [1.82, 2.24) is 0 Å². The number of benzene rings is 1. The zero-order valence-electron chi connectivity index (χ0n) is 13.3. The molecule has 1 amide bonds. The monoisotopic (exact) mass is 331 g/mol. The first-order chi connectivity index (χ1) is 11.6. The van der Waals surface area contributed by atoms with Crippen molar-refractivity contribution >= 4 is 23.6 Å². The molecule has 0 saturated heterocycles. The Morgan fingerprint density at radius 2 is 1.96 bits per heavy atom. The van der Waals surface area contributed by atoms with Gasteiger partial charge in [-0.2, -0.15) is 0 Å². The summed E-state index contributed by atoms with van der Waals surface area (Å²) in [6.07, 6.45) is 4.12. The lowest BCUT2D eigenvalue weighted by molar-refractivity contribution is -0.142. The number of hydrogen-bond donors (Lipinski definition) is 1. The van der Waals surface area contributed by atoms with Crippen LogP contribution in [0.15, 0.2) is 47.1 Å². The fraction of sp³-hybridized carbons (Fsp3) is 0.176. The summed E-state index contributed by atoms with van der Waals surface area (Å²) in [4.78, 5) is 23.3. The predicted octanol–water partition coefficient (Wildman–Crippen LogP) is 2.49. The largest absolute Gasteiger partial charge is 0.493 e. The number of nitrogens with one attached hydrogen (secondary N) is 1. The molecule has 0 aliphatic heterocycles. The van der Waals surface area contributed by atoms with E-state index < -0.39 is 18.5 Å². The second-order valence-corrected chi connectivity index (χ2v) is 4.57. The zero-order chi connectivity index (χ0) is 17.4. The summed E-state index contributed by atoms with van der Waals surface area (Å²) < 4.78 is 20.1. The number of methoxy groups -OCH3 is 2. The van der Waals surface area contributed by atoms with E-state index in [2.05, 4.69) is 5.32 Å². The predicted molar refractivity (Wildman–Crippen MR) is 86.9 cm³/mol. The maximum Gasteiger partial charge on any atom is 0.331 e. The van der Waals surface area contributed by atoms with Gasteiger partial charge in [0.15, 0.2) is 18.1 Å². The van der Waals surface area contributed by atoms with Gasteiger partial charge in [-0.3, -0.25) is 4.79 Å². The molecule has 24 heavy (non-hydrogen) atoms. The van der Waals surface area contributed by atoms with Crippen LogP contribution in [0.1, 0.15) is 5.76 Å². The summed E-state index contributed by atoms with van der Waals surface area (Å²) in [5.74, 6) is 0.427. The van der Waals surface area contributed by atoms with E-state index in [1.54, 1.807) is 30.3 Å². The van der Waals surface area contributed by atoms with Gasteiger partial charge in [0.05, 0.1) is 20.5 Å². The summed E-state index contributed by atoms with van der Waals surface area (Å²) in [7, 11) is 3.02. The summed E-state index contributed by atoms with van der Waals surface area (Å²) in [6, 6.07) is 8.30. The molecule has 0 fully saturated rings. The summed E-state index contributed by atoms with van der Waals surface area (Å²) >= 11 is 0. The van der Waals surface area contributed by atoms with E-state index in [4.69, 9.17) is 18.6 Å². The molecule has 2 aromatic rings. The first-order valence-electron chi connectivity index (χ1n) is 7.02. The zero-order valence-corrected chi connectivity index (χ0v) is 13.3. The minimum absolute atomic E-state index is 0.407. The van der Waals surface area contributed by atoms with E-state index in [9.17, 15) is 9.59 Å². The fourth-order valence-electron chi connectivity index (χ4n) is 1.83. The van der Waals surface area contributed by atoms with Crippen molar-refractivity contribution in [2.24, 2.45) is 0 Å². The number of carbonyl (C=O) groups excluding carboxylic acids is 2. The number of hydrogen-bond acceptors (Lipinski definition) is 6. The van der Waals surface area contributed by atoms with E-state index in [1.165, 1.54) is 32.6 Å². The van der Waals surface area contributed by atoms with Crippen molar-refractivity contribution in [3.05, 3.63) is 48.4 Å². The number of amides is 1. The lowest BCUT2D eigenvalue weighted by Crippen LogP contribution is -2.20. The number of rotatable bonds is 7. The summed E-state index contributed by atoms with van der Waals surface area (Å²) in [5, 5.41) is 2.60. The fourth-order valence-corrected chi connectivity index (χ4v) is 1.83. The van der Waals surface area contributed by atoms with E-state index >= 15 is 0 Å². The van der Waals surface area contributed by atoms with Gasteiger partial charge >= 0.3 is 5.97 Å². The van der Waals surface area contributed by atoms with Gasteiger partial charge in [0.2, 0.25) is 0 Å². The van der Waals surface area contributed by atoms with Crippen molar-refractivity contribution in [2.45, 2.75) is 0 Å². The van der Waals surface area contributed by atoms with Crippen LogP contribution < -0.4 is 14.8 Å². The van der Waals surface area contributed by atoms with E-state index in [0.717, 1.165) is 0 Å². The van der Waals surface area contributed by atoms with Gasteiger partial charge in [-0.1, -0.05) is 0 Å². The van der Waals surface area contributed by atoms with Gasteiger partial charge in [-0.15, -0.1) is 0 Å². The summed E-state index contributed by atoms with van der Waals surface area (Å²) in [6.45, 7) is -0.407. The van der Waals surface area contributed by atoms with Crippen LogP contribution in [-0.4, -0.2) is 32.7 Å². The SMILES string of the molecule is COc1ccc(NC(=O)COC(=O)C=Cc2ccco2)cc1OC. The Morgan fingerprint density at radius 3 is 2.62 bits per heavy atom. The minimum atomic E-state index is -0.645. The Bertz CT molecular complexity index is 721. The van der Waals surface area contributed by atoms with Gasteiger partial charge in [-0.25, -0.2) is 4.79 Å². The van der Waals surface area contributed by atoms with Crippen LogP contribution in [0, 0.1) is 0 Å². The lowest BCUT2D eigenvalue weighted by atomic mass is 10.2. The molecule has 0 aliphatic carbocycles. The molecule has 0 radical (unpaired) electrons. The van der Waals surface area contributed by atoms with Crippen molar-refractivity contribution in [1.29, 1.82) is 0 Å². The molecule has 7 heteroatoms. The van der Waals surface area contributed by atoms with Gasteiger partial charge < -0.3 is 23.9 Å². The highest BCUT2D eigenvalue weighted by Gasteiger charge is 2.09. The van der Waals surface area contributed by atoms with Crippen molar-refractivity contribution in [2.75, 3.05) is 26.1 Å². The summed E-state index contributed by atoms with van der Waals surface area (Å²) in [5.41, 5.74) is 0.500. The standard InChI is InChI=1S/C17H17NO6/c1-21-14-7-5-12(10-15(14)22-2)18-16(19)11-24-17(20)8-6-13-4-3-9-23-13/h3-10H,11H2,1-2H3,(H,18,19). The van der Waals surface area contributed by atoms with Crippen LogP contribution in [0.25, 0.3) is 6.08 Å². The molecule has 0 aliphatic rings. The Morgan fingerprint density at radius 1 is 1.17 bits per heavy atom. The number of ether oxygens (including phenoxy) is 3. The van der Waals surface area contributed by atoms with Gasteiger partial charge in [0.1, 0.15) is 5.76 Å². The number of esters is 1. The molecule has 0 saturated carbocycles. The second kappa shape index (κ2) is 8.42. The quantitative estimate of drug-likeness (QED) is 0.619. The molecule has 7 nitrogen and oxygen atoms in total. The maximum atomic E-state index is 11.8. The average Bonchev–Trinajstić information content (AvgIpc) is 3.11. The molecule has 0 atom stereocenters. The van der Waals surface area contributed by atoms with E-state index in [1.807, 2.05) is 0 Å². The molecular formula is C17H17NO6. The van der Waals surface area contributed by atoms with Crippen molar-refractivity contribution < 1.29 is 28.2 Å². The number of anilines is 1. The first-order valence-corrected chi connectivity index (χ1v) is 7.02. The van der Waals surface area contributed by atoms with Crippen LogP contribution in [0.4, 0.5) is 5.69 Å². The third-order valence-electron chi connectivity index (χ3n) is 2.94. The van der Waals surface area contributed by atoms with Gasteiger partial charge in [-0.05, 0) is 30.3 Å². The molecule has 1 aromatic carbocycles. The highest BCUT2D eigenvalue weighted by molar-refractivity contribution is 5.94. The Kier molecular flexibility index (Phi) is 6.01. The number of carbonyl (C=O) groups is 2. The molecule has 126 valence electrons. The maximum absolute atomic E-state index is 11.8. The Balaban J connectivity index is 1.83. The normalized spacial score (nSPS) is 10.4. The Hall–Kier alpha value is -3.22. The first kappa shape index (κ1) is 17.1. The second-order valence-electron chi connectivity index (χ2n) is 4.57. The van der Waals surface area contributed by atoms with Crippen molar-refractivity contribution in [3.8, 4) is 11.5 Å². The van der Waals surface area contributed by atoms with Gasteiger partial charge in [0, 0.05) is 17.8 Å². The molecule has 1 N–H and O–H groups in total. The molecule has 0 unspecified atom stereocenters. The molecule has 2 rings (SSSR count). The molecule has 0 spiro atoms. The topological polar surface area (TPSA) is 87.0 Å². The van der Waals surface area contributed by atoms with Crippen LogP contribution in [-0.2, 0) is 14.3 Å². The Labute approximate surface area is 138 Å². The van der Waals surface area contributed by atoms with Gasteiger partial charge in [0.25, 0.3) is 5.91 Å². The smallest absolute Gasteiger partial charge is 0.331 e. The lowest BCUT2D eigenvalue weighted by Gasteiger charge is -2.10. The van der Waals surface area contributed by atoms with E-state index in [0.29, 0.717) is 22.9 Å². The highest BCUT2D eigenvalue weighted by Crippen LogP contribution is 2.29. The average molecular weight is 331 g/mol. The molecular weight excluding hydrogens is 314 g/mol.